The number of hydrogen-bond acceptors (Lipinski definition) is 3. The van der Waals surface area contributed by atoms with Gasteiger partial charge in [0.2, 0.25) is 5.91 Å². The van der Waals surface area contributed by atoms with Crippen LogP contribution in [0.4, 0.5) is 11.4 Å². The van der Waals surface area contributed by atoms with Crippen molar-refractivity contribution in [3.63, 3.8) is 0 Å². The van der Waals surface area contributed by atoms with Crippen LogP contribution in [0, 0.1) is 0 Å². The third kappa shape index (κ3) is 4.85. The van der Waals surface area contributed by atoms with Gasteiger partial charge in [0.15, 0.2) is 0 Å². The second-order valence-corrected chi connectivity index (χ2v) is 5.69. The highest BCUT2D eigenvalue weighted by Crippen LogP contribution is 2.18. The quantitative estimate of drug-likeness (QED) is 0.774. The summed E-state index contributed by atoms with van der Waals surface area (Å²) in [5, 5.41) is 9.90. The second-order valence-electron chi connectivity index (χ2n) is 5.69. The zero-order valence-electron chi connectivity index (χ0n) is 12.4. The van der Waals surface area contributed by atoms with E-state index in [1.807, 2.05) is 24.3 Å². The predicted molar refractivity (Wildman–Crippen MR) is 84.1 cm³/mol. The van der Waals surface area contributed by atoms with Gasteiger partial charge in [-0.2, -0.15) is 0 Å². The summed E-state index contributed by atoms with van der Waals surface area (Å²) in [5.41, 5.74) is 1.89. The lowest BCUT2D eigenvalue weighted by atomic mass is 9.98. The Morgan fingerprint density at radius 1 is 1.40 bits per heavy atom. The van der Waals surface area contributed by atoms with Crippen molar-refractivity contribution in [3.8, 4) is 0 Å². The van der Waals surface area contributed by atoms with E-state index in [4.69, 9.17) is 0 Å². The largest absolute Gasteiger partial charge is 0.382 e. The third-order valence-electron chi connectivity index (χ3n) is 3.65. The van der Waals surface area contributed by atoms with Crippen LogP contribution in [0.15, 0.2) is 24.3 Å². The number of nitrogens with one attached hydrogen (secondary N) is 3. The van der Waals surface area contributed by atoms with Crippen molar-refractivity contribution in [2.45, 2.75) is 51.6 Å². The highest BCUT2D eigenvalue weighted by molar-refractivity contribution is 5.89. The summed E-state index contributed by atoms with van der Waals surface area (Å²) in [7, 11) is 0. The molecular formula is C16H25N3O. The van der Waals surface area contributed by atoms with Gasteiger partial charge < -0.3 is 16.0 Å². The monoisotopic (exact) mass is 275 g/mol. The van der Waals surface area contributed by atoms with E-state index in [9.17, 15) is 4.79 Å². The molecule has 1 amide bonds. The lowest BCUT2D eigenvalue weighted by Crippen LogP contribution is -2.37. The summed E-state index contributed by atoms with van der Waals surface area (Å²) < 4.78 is 0. The van der Waals surface area contributed by atoms with Crippen molar-refractivity contribution in [2.24, 2.45) is 0 Å². The van der Waals surface area contributed by atoms with Crippen molar-refractivity contribution in [2.75, 3.05) is 17.2 Å². The number of carbonyl (C=O) groups excluding carboxylic acids is 1. The van der Waals surface area contributed by atoms with Gasteiger partial charge in [-0.15, -0.1) is 0 Å². The van der Waals surface area contributed by atoms with Crippen LogP contribution in [-0.2, 0) is 4.79 Å². The Labute approximate surface area is 121 Å². The molecule has 4 heteroatoms. The summed E-state index contributed by atoms with van der Waals surface area (Å²) in [5.74, 6) is -0.0402. The molecule has 2 unspecified atom stereocenters. The van der Waals surface area contributed by atoms with Crippen LogP contribution in [-0.4, -0.2) is 24.5 Å². The van der Waals surface area contributed by atoms with Crippen LogP contribution >= 0.6 is 0 Å². The maximum Gasteiger partial charge on any atom is 0.221 e. The molecule has 1 saturated heterocycles. The van der Waals surface area contributed by atoms with Gasteiger partial charge in [0.25, 0.3) is 0 Å². The molecule has 1 aromatic carbocycles. The topological polar surface area (TPSA) is 53.2 Å². The number of benzene rings is 1. The molecule has 1 fully saturated rings. The molecule has 110 valence electrons. The van der Waals surface area contributed by atoms with Crippen LogP contribution in [0.2, 0.25) is 0 Å². The van der Waals surface area contributed by atoms with Gasteiger partial charge in [0.1, 0.15) is 0 Å². The first-order valence-electron chi connectivity index (χ1n) is 7.51. The molecule has 4 nitrogen and oxygen atoms in total. The van der Waals surface area contributed by atoms with E-state index in [2.05, 4.69) is 22.9 Å². The molecule has 2 rings (SSSR count). The van der Waals surface area contributed by atoms with E-state index in [-0.39, 0.29) is 5.91 Å². The first-order chi connectivity index (χ1) is 9.63. The van der Waals surface area contributed by atoms with Crippen molar-refractivity contribution in [1.29, 1.82) is 0 Å². The average molecular weight is 275 g/mol. The SMILES string of the molecule is CC(=O)Nc1cccc(NC(C)CC2CCCCN2)c1. The molecule has 2 atom stereocenters. The van der Waals surface area contributed by atoms with Gasteiger partial charge in [-0.25, -0.2) is 0 Å². The molecule has 20 heavy (non-hydrogen) atoms. The van der Waals surface area contributed by atoms with E-state index in [0.29, 0.717) is 12.1 Å². The number of carbonyl (C=O) groups is 1. The minimum Gasteiger partial charge on any atom is -0.382 e. The summed E-state index contributed by atoms with van der Waals surface area (Å²) >= 11 is 0. The van der Waals surface area contributed by atoms with Gasteiger partial charge in [0, 0.05) is 30.4 Å². The van der Waals surface area contributed by atoms with Gasteiger partial charge >= 0.3 is 0 Å². The molecule has 0 aromatic heterocycles. The highest BCUT2D eigenvalue weighted by atomic mass is 16.1. The van der Waals surface area contributed by atoms with Gasteiger partial charge in [-0.05, 0) is 50.9 Å². The maximum absolute atomic E-state index is 11.1. The lowest BCUT2D eigenvalue weighted by molar-refractivity contribution is -0.114. The Hall–Kier alpha value is -1.55. The molecule has 1 heterocycles. The zero-order chi connectivity index (χ0) is 14.4. The van der Waals surface area contributed by atoms with Gasteiger partial charge in [-0.1, -0.05) is 12.5 Å². The average Bonchev–Trinajstić information content (AvgIpc) is 2.39. The predicted octanol–water partition coefficient (Wildman–Crippen LogP) is 2.98. The molecule has 0 aliphatic carbocycles. The summed E-state index contributed by atoms with van der Waals surface area (Å²) in [6.45, 7) is 4.88. The Morgan fingerprint density at radius 2 is 2.20 bits per heavy atom. The summed E-state index contributed by atoms with van der Waals surface area (Å²) in [4.78, 5) is 11.1. The van der Waals surface area contributed by atoms with Crippen molar-refractivity contribution >= 4 is 17.3 Å². The number of rotatable bonds is 5. The zero-order valence-corrected chi connectivity index (χ0v) is 12.4. The molecule has 0 bridgehead atoms. The Balaban J connectivity index is 1.86. The van der Waals surface area contributed by atoms with Gasteiger partial charge in [-0.3, -0.25) is 4.79 Å². The van der Waals surface area contributed by atoms with Crippen LogP contribution in [0.25, 0.3) is 0 Å². The smallest absolute Gasteiger partial charge is 0.221 e. The molecule has 0 radical (unpaired) electrons. The van der Waals surface area contributed by atoms with E-state index in [0.717, 1.165) is 24.3 Å². The maximum atomic E-state index is 11.1. The Morgan fingerprint density at radius 3 is 2.90 bits per heavy atom. The molecule has 1 aliphatic rings. The standard InChI is InChI=1S/C16H25N3O/c1-12(10-14-6-3-4-9-17-14)18-15-7-5-8-16(11-15)19-13(2)20/h5,7-8,11-12,14,17-18H,3-4,6,9-10H2,1-2H3,(H,19,20). The molecule has 0 saturated carbocycles. The fourth-order valence-electron chi connectivity index (χ4n) is 2.79. The van der Waals surface area contributed by atoms with Crippen molar-refractivity contribution in [1.82, 2.24) is 5.32 Å². The Bertz CT molecular complexity index is 441. The van der Waals surface area contributed by atoms with Crippen LogP contribution in [0.1, 0.15) is 39.5 Å². The number of piperidine rings is 1. The number of anilines is 2. The van der Waals surface area contributed by atoms with E-state index < -0.39 is 0 Å². The summed E-state index contributed by atoms with van der Waals surface area (Å²) in [6, 6.07) is 8.92. The fraction of sp³-hybridized carbons (Fsp3) is 0.562. The minimum absolute atomic E-state index is 0.0402. The molecule has 3 N–H and O–H groups in total. The van der Waals surface area contributed by atoms with Gasteiger partial charge in [0.05, 0.1) is 0 Å². The fourth-order valence-corrected chi connectivity index (χ4v) is 2.79. The van der Waals surface area contributed by atoms with E-state index >= 15 is 0 Å². The molecule has 1 aliphatic heterocycles. The van der Waals surface area contributed by atoms with Crippen molar-refractivity contribution in [3.05, 3.63) is 24.3 Å². The lowest BCUT2D eigenvalue weighted by Gasteiger charge is -2.27. The first-order valence-corrected chi connectivity index (χ1v) is 7.51. The summed E-state index contributed by atoms with van der Waals surface area (Å²) in [6.07, 6.45) is 5.04. The molecular weight excluding hydrogens is 250 g/mol. The molecule has 1 aromatic rings. The van der Waals surface area contributed by atoms with E-state index in [1.165, 1.54) is 26.2 Å². The highest BCUT2D eigenvalue weighted by Gasteiger charge is 2.15. The van der Waals surface area contributed by atoms with E-state index in [1.54, 1.807) is 0 Å². The first kappa shape index (κ1) is 14.9. The van der Waals surface area contributed by atoms with Crippen LogP contribution < -0.4 is 16.0 Å². The number of amides is 1. The van der Waals surface area contributed by atoms with Crippen molar-refractivity contribution < 1.29 is 4.79 Å². The normalized spacial score (nSPS) is 20.2. The Kier molecular flexibility index (Phi) is 5.41. The number of hydrogen-bond donors (Lipinski definition) is 3. The third-order valence-corrected chi connectivity index (χ3v) is 3.65. The second kappa shape index (κ2) is 7.29. The van der Waals surface area contributed by atoms with Crippen LogP contribution in [0.5, 0.6) is 0 Å². The molecule has 0 spiro atoms. The van der Waals surface area contributed by atoms with Crippen LogP contribution in [0.3, 0.4) is 0 Å². The minimum atomic E-state index is -0.0402.